The SMILES string of the molecule is CCC(=O)NC1CCN(C(=O)c2cc(Cl)ncc2N)CC1. The van der Waals surface area contributed by atoms with E-state index in [1.165, 1.54) is 12.3 Å². The third kappa shape index (κ3) is 3.85. The molecule has 0 spiro atoms. The fourth-order valence-electron chi connectivity index (χ4n) is 2.35. The summed E-state index contributed by atoms with van der Waals surface area (Å²) >= 11 is 5.81. The predicted molar refractivity (Wildman–Crippen MR) is 81.0 cm³/mol. The van der Waals surface area contributed by atoms with Crippen molar-refractivity contribution in [3.05, 3.63) is 23.0 Å². The molecular weight excluding hydrogens is 292 g/mol. The standard InChI is InChI=1S/C14H19ClN4O2/c1-2-13(20)18-9-3-5-19(6-4-9)14(21)10-7-12(15)17-8-11(10)16/h7-9H,2-6,16H2,1H3,(H,18,20). The molecule has 0 atom stereocenters. The number of nitrogens with zero attached hydrogens (tertiary/aromatic N) is 2. The highest BCUT2D eigenvalue weighted by atomic mass is 35.5. The number of pyridine rings is 1. The van der Waals surface area contributed by atoms with Crippen LogP contribution < -0.4 is 11.1 Å². The number of amides is 2. The first kappa shape index (κ1) is 15.6. The lowest BCUT2D eigenvalue weighted by Gasteiger charge is -2.32. The third-order valence-electron chi connectivity index (χ3n) is 3.60. The molecule has 3 N–H and O–H groups in total. The lowest BCUT2D eigenvalue weighted by molar-refractivity contribution is -0.121. The number of aromatic nitrogens is 1. The lowest BCUT2D eigenvalue weighted by Crippen LogP contribution is -2.46. The Labute approximate surface area is 128 Å². The third-order valence-corrected chi connectivity index (χ3v) is 3.81. The van der Waals surface area contributed by atoms with Gasteiger partial charge in [0.25, 0.3) is 5.91 Å². The smallest absolute Gasteiger partial charge is 0.256 e. The Morgan fingerprint density at radius 3 is 2.76 bits per heavy atom. The molecule has 0 aliphatic carbocycles. The van der Waals surface area contributed by atoms with Gasteiger partial charge in [-0.25, -0.2) is 4.98 Å². The van der Waals surface area contributed by atoms with Crippen molar-refractivity contribution >= 4 is 29.1 Å². The second-order valence-corrected chi connectivity index (χ2v) is 5.47. The van der Waals surface area contributed by atoms with Crippen molar-refractivity contribution < 1.29 is 9.59 Å². The van der Waals surface area contributed by atoms with Crippen molar-refractivity contribution in [1.82, 2.24) is 15.2 Å². The van der Waals surface area contributed by atoms with Crippen molar-refractivity contribution in [2.24, 2.45) is 0 Å². The number of nitrogens with one attached hydrogen (secondary N) is 1. The van der Waals surface area contributed by atoms with Crippen LogP contribution in [0.1, 0.15) is 36.5 Å². The van der Waals surface area contributed by atoms with Crippen LogP contribution in [0.25, 0.3) is 0 Å². The van der Waals surface area contributed by atoms with Gasteiger partial charge in [0.15, 0.2) is 0 Å². The maximum atomic E-state index is 12.4. The number of nitrogen functional groups attached to an aromatic ring is 1. The van der Waals surface area contributed by atoms with E-state index in [0.717, 1.165) is 12.8 Å². The summed E-state index contributed by atoms with van der Waals surface area (Å²) in [6.07, 6.45) is 3.36. The van der Waals surface area contributed by atoms with Crippen molar-refractivity contribution in [2.75, 3.05) is 18.8 Å². The van der Waals surface area contributed by atoms with Crippen molar-refractivity contribution in [1.29, 1.82) is 0 Å². The van der Waals surface area contributed by atoms with E-state index in [9.17, 15) is 9.59 Å². The number of carbonyl (C=O) groups is 2. The zero-order valence-corrected chi connectivity index (χ0v) is 12.7. The Bertz CT molecular complexity index is 542. The minimum Gasteiger partial charge on any atom is -0.397 e. The van der Waals surface area contributed by atoms with Gasteiger partial charge >= 0.3 is 0 Å². The zero-order chi connectivity index (χ0) is 15.4. The Morgan fingerprint density at radius 2 is 2.14 bits per heavy atom. The number of rotatable bonds is 3. The van der Waals surface area contributed by atoms with Crippen molar-refractivity contribution in [2.45, 2.75) is 32.2 Å². The minimum atomic E-state index is -0.142. The molecule has 21 heavy (non-hydrogen) atoms. The van der Waals surface area contributed by atoms with Gasteiger partial charge in [0.1, 0.15) is 5.15 Å². The molecule has 1 saturated heterocycles. The Balaban J connectivity index is 1.97. The molecule has 6 nitrogen and oxygen atoms in total. The predicted octanol–water partition coefficient (Wildman–Crippen LogP) is 1.45. The normalized spacial score (nSPS) is 15.8. The maximum absolute atomic E-state index is 12.4. The molecule has 1 aliphatic heterocycles. The molecule has 2 amide bonds. The summed E-state index contributed by atoms with van der Waals surface area (Å²) in [5.74, 6) is -0.0954. The number of carbonyl (C=O) groups excluding carboxylic acids is 2. The van der Waals surface area contributed by atoms with E-state index in [1.54, 1.807) is 4.90 Å². The number of halogens is 1. The quantitative estimate of drug-likeness (QED) is 0.827. The molecule has 1 fully saturated rings. The Morgan fingerprint density at radius 1 is 1.48 bits per heavy atom. The van der Waals surface area contributed by atoms with Crippen LogP contribution in [0.3, 0.4) is 0 Å². The summed E-state index contributed by atoms with van der Waals surface area (Å²) in [5.41, 5.74) is 6.49. The summed E-state index contributed by atoms with van der Waals surface area (Å²) in [4.78, 5) is 29.4. The van der Waals surface area contributed by atoms with E-state index in [0.29, 0.717) is 30.8 Å². The number of likely N-dealkylation sites (tertiary alicyclic amines) is 1. The molecule has 2 heterocycles. The molecule has 1 aromatic heterocycles. The van der Waals surface area contributed by atoms with Gasteiger partial charge < -0.3 is 16.0 Å². The highest BCUT2D eigenvalue weighted by Gasteiger charge is 2.25. The summed E-state index contributed by atoms with van der Waals surface area (Å²) < 4.78 is 0. The van der Waals surface area contributed by atoms with E-state index in [-0.39, 0.29) is 23.0 Å². The largest absolute Gasteiger partial charge is 0.397 e. The zero-order valence-electron chi connectivity index (χ0n) is 11.9. The van der Waals surface area contributed by atoms with Crippen LogP contribution in [-0.4, -0.2) is 40.8 Å². The van der Waals surface area contributed by atoms with Crippen LogP contribution in [-0.2, 0) is 4.79 Å². The van der Waals surface area contributed by atoms with Crippen LogP contribution in [0.4, 0.5) is 5.69 Å². The molecule has 1 aliphatic rings. The molecule has 0 saturated carbocycles. The average molecular weight is 311 g/mol. The number of piperidine rings is 1. The van der Waals surface area contributed by atoms with Gasteiger partial charge in [-0.15, -0.1) is 0 Å². The molecule has 7 heteroatoms. The van der Waals surface area contributed by atoms with Gasteiger partial charge in [-0.2, -0.15) is 0 Å². The summed E-state index contributed by atoms with van der Waals surface area (Å²) in [6.45, 7) is 3.00. The number of nitrogens with two attached hydrogens (primary N) is 1. The second-order valence-electron chi connectivity index (χ2n) is 5.08. The van der Waals surface area contributed by atoms with Crippen LogP contribution in [0, 0.1) is 0 Å². The van der Waals surface area contributed by atoms with Gasteiger partial charge in [-0.1, -0.05) is 18.5 Å². The first-order valence-electron chi connectivity index (χ1n) is 7.01. The molecular formula is C14H19ClN4O2. The van der Waals surface area contributed by atoms with Crippen molar-refractivity contribution in [3.8, 4) is 0 Å². The highest BCUT2D eigenvalue weighted by Crippen LogP contribution is 2.20. The van der Waals surface area contributed by atoms with Gasteiger partial charge in [-0.3, -0.25) is 9.59 Å². The molecule has 1 aromatic rings. The van der Waals surface area contributed by atoms with Crippen LogP contribution in [0.15, 0.2) is 12.3 Å². The average Bonchev–Trinajstić information content (AvgIpc) is 2.49. The number of hydrogen-bond acceptors (Lipinski definition) is 4. The second kappa shape index (κ2) is 6.76. The molecule has 0 unspecified atom stereocenters. The van der Waals surface area contributed by atoms with Crippen molar-refractivity contribution in [3.63, 3.8) is 0 Å². The summed E-state index contributed by atoms with van der Waals surface area (Å²) in [5, 5.41) is 3.20. The summed E-state index contributed by atoms with van der Waals surface area (Å²) in [6, 6.07) is 1.63. The molecule has 0 bridgehead atoms. The Kier molecular flexibility index (Phi) is 5.01. The van der Waals surface area contributed by atoms with E-state index >= 15 is 0 Å². The van der Waals surface area contributed by atoms with Crippen LogP contribution in [0.5, 0.6) is 0 Å². The maximum Gasteiger partial charge on any atom is 0.256 e. The lowest BCUT2D eigenvalue weighted by atomic mass is 10.0. The van der Waals surface area contributed by atoms with E-state index < -0.39 is 0 Å². The van der Waals surface area contributed by atoms with E-state index in [1.807, 2.05) is 6.92 Å². The van der Waals surface area contributed by atoms with Gasteiger partial charge in [0.2, 0.25) is 5.91 Å². The highest BCUT2D eigenvalue weighted by molar-refractivity contribution is 6.29. The van der Waals surface area contributed by atoms with E-state index in [2.05, 4.69) is 10.3 Å². The van der Waals surface area contributed by atoms with Crippen LogP contribution >= 0.6 is 11.6 Å². The minimum absolute atomic E-state index is 0.0462. The first-order chi connectivity index (χ1) is 10.0. The van der Waals surface area contributed by atoms with Gasteiger partial charge in [0, 0.05) is 25.6 Å². The monoisotopic (exact) mass is 310 g/mol. The van der Waals surface area contributed by atoms with E-state index in [4.69, 9.17) is 17.3 Å². The van der Waals surface area contributed by atoms with Gasteiger partial charge in [-0.05, 0) is 18.9 Å². The fraction of sp³-hybridized carbons (Fsp3) is 0.500. The molecule has 114 valence electrons. The van der Waals surface area contributed by atoms with Crippen LogP contribution in [0.2, 0.25) is 5.15 Å². The fourth-order valence-corrected chi connectivity index (χ4v) is 2.51. The Hall–Kier alpha value is -1.82. The van der Waals surface area contributed by atoms with Gasteiger partial charge in [0.05, 0.1) is 17.4 Å². The number of anilines is 1. The first-order valence-corrected chi connectivity index (χ1v) is 7.38. The molecule has 0 radical (unpaired) electrons. The molecule has 0 aromatic carbocycles. The molecule has 2 rings (SSSR count). The summed E-state index contributed by atoms with van der Waals surface area (Å²) in [7, 11) is 0. The topological polar surface area (TPSA) is 88.3 Å². The number of hydrogen-bond donors (Lipinski definition) is 2.